The van der Waals surface area contributed by atoms with Crippen LogP contribution < -0.4 is 0 Å². The summed E-state index contributed by atoms with van der Waals surface area (Å²) in [6.07, 6.45) is 6.00. The molecule has 1 rings (SSSR count). The van der Waals surface area contributed by atoms with Gasteiger partial charge in [0.25, 0.3) is 0 Å². The van der Waals surface area contributed by atoms with E-state index in [4.69, 9.17) is 13.3 Å². The molecular weight excluding hydrogens is 192 g/mol. The lowest BCUT2D eigenvalue weighted by molar-refractivity contribution is 0.153. The van der Waals surface area contributed by atoms with E-state index in [1.54, 1.807) is 0 Å². The van der Waals surface area contributed by atoms with Crippen LogP contribution in [-0.2, 0) is 13.3 Å². The molecule has 0 aromatic heterocycles. The summed E-state index contributed by atoms with van der Waals surface area (Å²) >= 11 is 3.99. The van der Waals surface area contributed by atoms with Crippen LogP contribution in [0, 0.1) is 0 Å². The Kier molecular flexibility index (Phi) is 7.17. The number of hydrogen-bond acceptors (Lipinski definition) is 4. The van der Waals surface area contributed by atoms with Crippen molar-refractivity contribution in [2.24, 2.45) is 0 Å². The molecule has 1 fully saturated rings. The standard InChI is InChI=1S/C4H8.C3H10O3SSi/c1-2-4-3-1;1-4-8(7,5-2)6-3/h1-4H2;7H,1-3H3. The molecule has 0 saturated heterocycles. The summed E-state index contributed by atoms with van der Waals surface area (Å²) in [6, 6.07) is 0. The van der Waals surface area contributed by atoms with Crippen LogP contribution in [0.15, 0.2) is 0 Å². The maximum Gasteiger partial charge on any atom is 0.569 e. The van der Waals surface area contributed by atoms with E-state index in [-0.39, 0.29) is 0 Å². The summed E-state index contributed by atoms with van der Waals surface area (Å²) < 4.78 is 14.4. The normalized spacial score (nSPS) is 16.0. The van der Waals surface area contributed by atoms with Crippen LogP contribution >= 0.6 is 12.1 Å². The summed E-state index contributed by atoms with van der Waals surface area (Å²) in [5.74, 6) is 0. The molecule has 0 amide bonds. The lowest BCUT2D eigenvalue weighted by atomic mass is 10.0. The number of rotatable bonds is 3. The maximum atomic E-state index is 4.79. The first kappa shape index (κ1) is 12.4. The molecule has 0 N–H and O–H groups in total. The quantitative estimate of drug-likeness (QED) is 0.569. The minimum atomic E-state index is -2.48. The van der Waals surface area contributed by atoms with Crippen molar-refractivity contribution in [1.29, 1.82) is 0 Å². The van der Waals surface area contributed by atoms with Crippen molar-refractivity contribution in [3.63, 3.8) is 0 Å². The lowest BCUT2D eigenvalue weighted by Crippen LogP contribution is -2.36. The molecule has 74 valence electrons. The van der Waals surface area contributed by atoms with E-state index in [0.29, 0.717) is 0 Å². The van der Waals surface area contributed by atoms with Crippen molar-refractivity contribution in [2.75, 3.05) is 21.3 Å². The molecule has 0 aromatic carbocycles. The van der Waals surface area contributed by atoms with E-state index in [2.05, 4.69) is 12.1 Å². The molecule has 1 aliphatic carbocycles. The van der Waals surface area contributed by atoms with Gasteiger partial charge in [-0.25, -0.2) is 0 Å². The predicted octanol–water partition coefficient (Wildman–Crippen LogP) is 1.85. The van der Waals surface area contributed by atoms with Gasteiger partial charge in [0.1, 0.15) is 0 Å². The van der Waals surface area contributed by atoms with Crippen molar-refractivity contribution >= 4 is 20.0 Å². The van der Waals surface area contributed by atoms with Crippen molar-refractivity contribution in [1.82, 2.24) is 0 Å². The highest BCUT2D eigenvalue weighted by atomic mass is 32.3. The molecule has 12 heavy (non-hydrogen) atoms. The van der Waals surface area contributed by atoms with Gasteiger partial charge >= 0.3 is 7.95 Å². The first-order valence-electron chi connectivity index (χ1n) is 4.06. The lowest BCUT2D eigenvalue weighted by Gasteiger charge is -2.16. The Balaban J connectivity index is 0.000000247. The van der Waals surface area contributed by atoms with Crippen molar-refractivity contribution in [3.05, 3.63) is 0 Å². The molecule has 0 bridgehead atoms. The fourth-order valence-electron chi connectivity index (χ4n) is 0.500. The third-order valence-electron chi connectivity index (χ3n) is 1.77. The van der Waals surface area contributed by atoms with Crippen LogP contribution in [0.1, 0.15) is 25.7 Å². The van der Waals surface area contributed by atoms with Gasteiger partial charge in [-0.1, -0.05) is 25.7 Å². The predicted molar refractivity (Wildman–Crippen MR) is 54.2 cm³/mol. The molecular formula is C7H18O3SSi. The van der Waals surface area contributed by atoms with Gasteiger partial charge in [0.2, 0.25) is 0 Å². The van der Waals surface area contributed by atoms with E-state index < -0.39 is 7.95 Å². The first-order chi connectivity index (χ1) is 5.68. The van der Waals surface area contributed by atoms with Crippen LogP contribution in [0.3, 0.4) is 0 Å². The SMILES string of the molecule is C1CCC1.CO[Si](S)(OC)OC. The molecule has 0 aromatic rings. The minimum absolute atomic E-state index is 1.50. The van der Waals surface area contributed by atoms with Gasteiger partial charge in [0.05, 0.1) is 0 Å². The largest absolute Gasteiger partial charge is 0.569 e. The monoisotopic (exact) mass is 210 g/mol. The Labute approximate surface area is 80.8 Å². The van der Waals surface area contributed by atoms with Gasteiger partial charge in [-0.15, -0.1) is 12.1 Å². The second-order valence-corrected chi connectivity index (χ2v) is 6.47. The van der Waals surface area contributed by atoms with Gasteiger partial charge in [0, 0.05) is 21.3 Å². The topological polar surface area (TPSA) is 27.7 Å². The van der Waals surface area contributed by atoms with Crippen LogP contribution in [0.2, 0.25) is 0 Å². The van der Waals surface area contributed by atoms with Gasteiger partial charge in [-0.05, 0) is 0 Å². The highest BCUT2D eigenvalue weighted by Crippen LogP contribution is 2.15. The fraction of sp³-hybridized carbons (Fsp3) is 1.00. The molecule has 0 aliphatic heterocycles. The van der Waals surface area contributed by atoms with Gasteiger partial charge in [-0.3, -0.25) is 0 Å². The molecule has 1 saturated carbocycles. The Morgan fingerprint density at radius 2 is 1.08 bits per heavy atom. The average Bonchev–Trinajstić information content (AvgIpc) is 2.00. The van der Waals surface area contributed by atoms with E-state index in [0.717, 1.165) is 0 Å². The molecule has 0 heterocycles. The summed E-state index contributed by atoms with van der Waals surface area (Å²) in [4.78, 5) is 0. The van der Waals surface area contributed by atoms with Crippen LogP contribution in [-0.4, -0.2) is 29.3 Å². The summed E-state index contributed by atoms with van der Waals surface area (Å²) in [7, 11) is 2.04. The van der Waals surface area contributed by atoms with Gasteiger partial charge in [-0.2, -0.15) is 0 Å². The highest BCUT2D eigenvalue weighted by Gasteiger charge is 2.32. The maximum absolute atomic E-state index is 4.79. The van der Waals surface area contributed by atoms with Gasteiger partial charge in [0.15, 0.2) is 0 Å². The molecule has 5 heteroatoms. The van der Waals surface area contributed by atoms with Gasteiger partial charge < -0.3 is 13.3 Å². The smallest absolute Gasteiger partial charge is 0.369 e. The van der Waals surface area contributed by atoms with Crippen LogP contribution in [0.25, 0.3) is 0 Å². The Bertz CT molecular complexity index is 92.6. The molecule has 0 unspecified atom stereocenters. The molecule has 0 spiro atoms. The van der Waals surface area contributed by atoms with E-state index >= 15 is 0 Å². The summed E-state index contributed by atoms with van der Waals surface area (Å²) in [5.41, 5.74) is 0. The van der Waals surface area contributed by atoms with E-state index in [1.807, 2.05) is 0 Å². The average molecular weight is 210 g/mol. The van der Waals surface area contributed by atoms with Crippen molar-refractivity contribution < 1.29 is 13.3 Å². The first-order valence-corrected chi connectivity index (χ1v) is 7.07. The number of hydrogen-bond donors (Lipinski definition) is 1. The Hall–Kier alpha value is 0.447. The van der Waals surface area contributed by atoms with Crippen LogP contribution in [0.5, 0.6) is 0 Å². The van der Waals surface area contributed by atoms with E-state index in [1.165, 1.54) is 47.0 Å². The zero-order valence-corrected chi connectivity index (χ0v) is 9.89. The Morgan fingerprint density at radius 3 is 1.08 bits per heavy atom. The van der Waals surface area contributed by atoms with Crippen molar-refractivity contribution in [2.45, 2.75) is 25.7 Å². The zero-order chi connectivity index (χ0) is 9.45. The summed E-state index contributed by atoms with van der Waals surface area (Å²) in [6.45, 7) is 0. The second kappa shape index (κ2) is 6.91. The molecule has 3 nitrogen and oxygen atoms in total. The third kappa shape index (κ3) is 5.16. The molecule has 1 aliphatic rings. The third-order valence-corrected chi connectivity index (χ3v) is 4.96. The zero-order valence-electron chi connectivity index (χ0n) is 8.00. The second-order valence-electron chi connectivity index (χ2n) is 2.55. The van der Waals surface area contributed by atoms with Crippen LogP contribution in [0.4, 0.5) is 0 Å². The molecule has 0 radical (unpaired) electrons. The highest BCUT2D eigenvalue weighted by molar-refractivity contribution is 8.11. The fourth-order valence-corrected chi connectivity index (χ4v) is 1.00. The van der Waals surface area contributed by atoms with Crippen molar-refractivity contribution in [3.8, 4) is 0 Å². The molecule has 0 atom stereocenters. The van der Waals surface area contributed by atoms with E-state index in [9.17, 15) is 0 Å². The summed E-state index contributed by atoms with van der Waals surface area (Å²) in [5, 5.41) is 0. The number of thiol groups is 1. The minimum Gasteiger partial charge on any atom is -0.369 e. The Morgan fingerprint density at radius 1 is 0.833 bits per heavy atom.